The molecule has 1 heterocycles. The third-order valence-corrected chi connectivity index (χ3v) is 5.60. The standard InChI is InChI=1S/C23H28N4O4/c1-23(2,3)18-10-8-16(9-11-18)21(28)24-25-22(29)17-12-14-26(15-13-17)19-6-4-5-7-20(19)27(30)31/h4-11,17H,12-15H2,1-3H3,(H,24,28)(H,25,29). The smallest absolute Gasteiger partial charge is 0.292 e. The lowest BCUT2D eigenvalue weighted by molar-refractivity contribution is -0.384. The molecule has 0 bridgehead atoms. The number of nitrogens with one attached hydrogen (secondary N) is 2. The summed E-state index contributed by atoms with van der Waals surface area (Å²) in [5.41, 5.74) is 7.22. The van der Waals surface area contributed by atoms with Gasteiger partial charge in [-0.2, -0.15) is 0 Å². The Kier molecular flexibility index (Phi) is 6.58. The van der Waals surface area contributed by atoms with Gasteiger partial charge in [-0.05, 0) is 42.0 Å². The third kappa shape index (κ3) is 5.39. The fraction of sp³-hybridized carbons (Fsp3) is 0.391. The van der Waals surface area contributed by atoms with Crippen LogP contribution >= 0.6 is 0 Å². The summed E-state index contributed by atoms with van der Waals surface area (Å²) in [6.07, 6.45) is 1.10. The molecule has 2 aromatic rings. The number of benzene rings is 2. The van der Waals surface area contributed by atoms with Crippen LogP contribution in [-0.4, -0.2) is 29.8 Å². The number of nitro groups is 1. The van der Waals surface area contributed by atoms with E-state index in [9.17, 15) is 19.7 Å². The monoisotopic (exact) mass is 424 g/mol. The number of hydrazine groups is 1. The van der Waals surface area contributed by atoms with E-state index in [0.717, 1.165) is 5.56 Å². The van der Waals surface area contributed by atoms with Gasteiger partial charge in [-0.15, -0.1) is 0 Å². The van der Waals surface area contributed by atoms with Crippen LogP contribution in [0.15, 0.2) is 48.5 Å². The number of para-hydroxylation sites is 2. The molecule has 1 aliphatic heterocycles. The van der Waals surface area contributed by atoms with Crippen molar-refractivity contribution in [1.82, 2.24) is 10.9 Å². The summed E-state index contributed by atoms with van der Waals surface area (Å²) in [7, 11) is 0. The number of anilines is 1. The van der Waals surface area contributed by atoms with Crippen molar-refractivity contribution in [2.24, 2.45) is 5.92 Å². The van der Waals surface area contributed by atoms with E-state index in [0.29, 0.717) is 37.2 Å². The summed E-state index contributed by atoms with van der Waals surface area (Å²) in [5, 5.41) is 11.2. The number of carbonyl (C=O) groups excluding carboxylic acids is 2. The van der Waals surface area contributed by atoms with Crippen molar-refractivity contribution in [2.45, 2.75) is 39.0 Å². The van der Waals surface area contributed by atoms with Crippen LogP contribution in [0.4, 0.5) is 11.4 Å². The molecule has 1 saturated heterocycles. The van der Waals surface area contributed by atoms with Gasteiger partial charge in [-0.3, -0.25) is 30.6 Å². The summed E-state index contributed by atoms with van der Waals surface area (Å²) in [6.45, 7) is 7.37. The first-order chi connectivity index (χ1) is 14.7. The molecule has 0 aromatic heterocycles. The van der Waals surface area contributed by atoms with E-state index in [1.54, 1.807) is 30.3 Å². The molecule has 8 heteroatoms. The van der Waals surface area contributed by atoms with E-state index in [2.05, 4.69) is 31.6 Å². The molecule has 1 aliphatic rings. The third-order valence-electron chi connectivity index (χ3n) is 5.60. The highest BCUT2D eigenvalue weighted by Gasteiger charge is 2.28. The molecule has 0 spiro atoms. The van der Waals surface area contributed by atoms with Crippen LogP contribution in [0.3, 0.4) is 0 Å². The minimum atomic E-state index is -0.391. The lowest BCUT2D eigenvalue weighted by Crippen LogP contribution is -2.47. The maximum Gasteiger partial charge on any atom is 0.292 e. The van der Waals surface area contributed by atoms with Gasteiger partial charge < -0.3 is 4.90 Å². The van der Waals surface area contributed by atoms with Crippen molar-refractivity contribution in [1.29, 1.82) is 0 Å². The fourth-order valence-electron chi connectivity index (χ4n) is 3.68. The summed E-state index contributed by atoms with van der Waals surface area (Å²) in [4.78, 5) is 37.6. The van der Waals surface area contributed by atoms with Gasteiger partial charge >= 0.3 is 0 Å². The molecule has 164 valence electrons. The van der Waals surface area contributed by atoms with Gasteiger partial charge in [0.2, 0.25) is 5.91 Å². The Balaban J connectivity index is 1.51. The van der Waals surface area contributed by atoms with Crippen LogP contribution in [-0.2, 0) is 10.2 Å². The number of hydrogen-bond donors (Lipinski definition) is 2. The zero-order chi connectivity index (χ0) is 22.6. The number of hydrogen-bond acceptors (Lipinski definition) is 5. The Labute approximate surface area is 181 Å². The molecular formula is C23H28N4O4. The molecule has 0 unspecified atom stereocenters. The largest absolute Gasteiger partial charge is 0.366 e. The Hall–Kier alpha value is -3.42. The molecule has 1 fully saturated rings. The highest BCUT2D eigenvalue weighted by molar-refractivity contribution is 5.95. The zero-order valence-corrected chi connectivity index (χ0v) is 18.1. The highest BCUT2D eigenvalue weighted by atomic mass is 16.6. The van der Waals surface area contributed by atoms with E-state index in [4.69, 9.17) is 0 Å². The summed E-state index contributed by atoms with van der Waals surface area (Å²) in [5.74, 6) is -0.879. The molecular weight excluding hydrogens is 396 g/mol. The minimum absolute atomic E-state index is 0.00172. The Morgan fingerprint density at radius 1 is 1.00 bits per heavy atom. The van der Waals surface area contributed by atoms with E-state index in [1.807, 2.05) is 17.0 Å². The summed E-state index contributed by atoms with van der Waals surface area (Å²) >= 11 is 0. The normalized spacial score (nSPS) is 14.7. The van der Waals surface area contributed by atoms with Crippen LogP contribution in [0.1, 0.15) is 49.5 Å². The Morgan fingerprint density at radius 2 is 1.61 bits per heavy atom. The molecule has 0 atom stereocenters. The first-order valence-corrected chi connectivity index (χ1v) is 10.4. The van der Waals surface area contributed by atoms with E-state index < -0.39 is 4.92 Å². The molecule has 2 N–H and O–H groups in total. The average molecular weight is 425 g/mol. The average Bonchev–Trinajstić information content (AvgIpc) is 2.76. The van der Waals surface area contributed by atoms with Crippen molar-refractivity contribution in [2.75, 3.05) is 18.0 Å². The maximum absolute atomic E-state index is 12.5. The number of piperidine rings is 1. The van der Waals surface area contributed by atoms with Gasteiger partial charge in [0.25, 0.3) is 11.6 Å². The second-order valence-corrected chi connectivity index (χ2v) is 8.78. The van der Waals surface area contributed by atoms with Gasteiger partial charge in [0.15, 0.2) is 0 Å². The number of nitrogens with zero attached hydrogens (tertiary/aromatic N) is 2. The quantitative estimate of drug-likeness (QED) is 0.577. The van der Waals surface area contributed by atoms with Gasteiger partial charge in [-0.1, -0.05) is 45.0 Å². The van der Waals surface area contributed by atoms with Crippen LogP contribution in [0.25, 0.3) is 0 Å². The maximum atomic E-state index is 12.5. The molecule has 0 saturated carbocycles. The molecule has 31 heavy (non-hydrogen) atoms. The second-order valence-electron chi connectivity index (χ2n) is 8.78. The predicted molar refractivity (Wildman–Crippen MR) is 119 cm³/mol. The molecule has 0 aliphatic carbocycles. The van der Waals surface area contributed by atoms with E-state index in [1.165, 1.54) is 6.07 Å². The molecule has 8 nitrogen and oxygen atoms in total. The summed E-state index contributed by atoms with van der Waals surface area (Å²) in [6, 6.07) is 13.9. The van der Waals surface area contributed by atoms with Crippen molar-refractivity contribution in [3.8, 4) is 0 Å². The van der Waals surface area contributed by atoms with Crippen LogP contribution in [0.5, 0.6) is 0 Å². The van der Waals surface area contributed by atoms with Gasteiger partial charge in [0.05, 0.1) is 4.92 Å². The topological polar surface area (TPSA) is 105 Å². The SMILES string of the molecule is CC(C)(C)c1ccc(C(=O)NNC(=O)C2CCN(c3ccccc3[N+](=O)[O-])CC2)cc1. The fourth-order valence-corrected chi connectivity index (χ4v) is 3.68. The molecule has 2 amide bonds. The first kappa shape index (κ1) is 22.3. The zero-order valence-electron chi connectivity index (χ0n) is 18.1. The second kappa shape index (κ2) is 9.16. The number of nitro benzene ring substituents is 1. The van der Waals surface area contributed by atoms with Gasteiger partial charge in [-0.25, -0.2) is 0 Å². The van der Waals surface area contributed by atoms with Gasteiger partial charge in [0.1, 0.15) is 5.69 Å². The Bertz CT molecular complexity index is 958. The van der Waals surface area contributed by atoms with Crippen LogP contribution in [0, 0.1) is 16.0 Å². The molecule has 0 radical (unpaired) electrons. The molecule has 2 aromatic carbocycles. The molecule has 3 rings (SSSR count). The lowest BCUT2D eigenvalue weighted by atomic mass is 9.87. The minimum Gasteiger partial charge on any atom is -0.366 e. The first-order valence-electron chi connectivity index (χ1n) is 10.4. The summed E-state index contributed by atoms with van der Waals surface area (Å²) < 4.78 is 0. The van der Waals surface area contributed by atoms with E-state index in [-0.39, 0.29) is 28.8 Å². The van der Waals surface area contributed by atoms with Crippen molar-refractivity contribution < 1.29 is 14.5 Å². The van der Waals surface area contributed by atoms with Crippen LogP contribution in [0.2, 0.25) is 0 Å². The predicted octanol–water partition coefficient (Wildman–Crippen LogP) is 3.57. The van der Waals surface area contributed by atoms with Crippen molar-refractivity contribution in [3.05, 3.63) is 69.8 Å². The number of amides is 2. The van der Waals surface area contributed by atoms with Crippen LogP contribution < -0.4 is 15.8 Å². The van der Waals surface area contributed by atoms with E-state index >= 15 is 0 Å². The van der Waals surface area contributed by atoms with Gasteiger partial charge in [0, 0.05) is 30.6 Å². The van der Waals surface area contributed by atoms with Crippen molar-refractivity contribution >= 4 is 23.2 Å². The number of carbonyl (C=O) groups is 2. The number of rotatable bonds is 4. The lowest BCUT2D eigenvalue weighted by Gasteiger charge is -2.32. The van der Waals surface area contributed by atoms with Crippen molar-refractivity contribution in [3.63, 3.8) is 0 Å². The highest BCUT2D eigenvalue weighted by Crippen LogP contribution is 2.31. The Morgan fingerprint density at radius 3 is 2.19 bits per heavy atom.